The number of hydrogen-bond donors (Lipinski definition) is 2. The fourth-order valence-electron chi connectivity index (χ4n) is 3.21. The van der Waals surface area contributed by atoms with Gasteiger partial charge in [0.15, 0.2) is 0 Å². The van der Waals surface area contributed by atoms with Crippen LogP contribution in [0.4, 0.5) is 0 Å². The van der Waals surface area contributed by atoms with Gasteiger partial charge in [0.05, 0.1) is 0 Å². The lowest BCUT2D eigenvalue weighted by Crippen LogP contribution is -1.89. The first kappa shape index (κ1) is 15.9. The molecule has 0 radical (unpaired) electrons. The molecule has 0 aliphatic rings. The summed E-state index contributed by atoms with van der Waals surface area (Å²) in [6, 6.07) is 23.6. The third kappa shape index (κ3) is 3.03. The standard InChI is InChI=1S/C22H18O2S/c23-21-11-9-15-5-1-3-7-17(15)19(21)13-25-14-20-18-8-4-2-6-16(18)10-12-22(20)24/h1-12,23-24H,13-14H2. The van der Waals surface area contributed by atoms with Crippen LogP contribution in [0.5, 0.6) is 11.5 Å². The Labute approximate surface area is 150 Å². The highest BCUT2D eigenvalue weighted by atomic mass is 32.2. The molecule has 0 unspecified atom stereocenters. The summed E-state index contributed by atoms with van der Waals surface area (Å²) in [6.07, 6.45) is 0. The molecule has 0 saturated carbocycles. The van der Waals surface area contributed by atoms with E-state index in [1.54, 1.807) is 23.9 Å². The molecule has 25 heavy (non-hydrogen) atoms. The van der Waals surface area contributed by atoms with Gasteiger partial charge in [0, 0.05) is 22.6 Å². The third-order valence-corrected chi connectivity index (χ3v) is 5.51. The molecule has 0 aromatic heterocycles. The summed E-state index contributed by atoms with van der Waals surface area (Å²) in [5.41, 5.74) is 1.89. The van der Waals surface area contributed by atoms with Crippen LogP contribution >= 0.6 is 11.8 Å². The van der Waals surface area contributed by atoms with Crippen LogP contribution in [0, 0.1) is 0 Å². The molecule has 0 spiro atoms. The molecule has 3 heteroatoms. The van der Waals surface area contributed by atoms with E-state index in [9.17, 15) is 10.2 Å². The average molecular weight is 346 g/mol. The van der Waals surface area contributed by atoms with E-state index < -0.39 is 0 Å². The van der Waals surface area contributed by atoms with Crippen molar-refractivity contribution in [3.05, 3.63) is 83.9 Å². The summed E-state index contributed by atoms with van der Waals surface area (Å²) in [5, 5.41) is 25.0. The maximum atomic E-state index is 10.3. The first-order chi connectivity index (χ1) is 12.2. The zero-order chi connectivity index (χ0) is 17.2. The summed E-state index contributed by atoms with van der Waals surface area (Å²) < 4.78 is 0. The number of rotatable bonds is 4. The third-order valence-electron chi connectivity index (χ3n) is 4.52. The van der Waals surface area contributed by atoms with Crippen molar-refractivity contribution in [3.63, 3.8) is 0 Å². The molecule has 4 aromatic carbocycles. The van der Waals surface area contributed by atoms with Crippen LogP contribution in [0.15, 0.2) is 72.8 Å². The van der Waals surface area contributed by atoms with Crippen LogP contribution in [0.2, 0.25) is 0 Å². The highest BCUT2D eigenvalue weighted by Crippen LogP contribution is 2.35. The van der Waals surface area contributed by atoms with Gasteiger partial charge in [-0.1, -0.05) is 60.7 Å². The monoisotopic (exact) mass is 346 g/mol. The Morgan fingerprint density at radius 3 is 1.48 bits per heavy atom. The van der Waals surface area contributed by atoms with Crippen LogP contribution in [0.3, 0.4) is 0 Å². The number of hydrogen-bond acceptors (Lipinski definition) is 3. The predicted octanol–water partition coefficient (Wildman–Crippen LogP) is 5.84. The number of aromatic hydroxyl groups is 2. The van der Waals surface area contributed by atoms with E-state index in [2.05, 4.69) is 12.1 Å². The van der Waals surface area contributed by atoms with Crippen LogP contribution in [-0.4, -0.2) is 10.2 Å². The second-order valence-corrected chi connectivity index (χ2v) is 7.05. The fraction of sp³-hybridized carbons (Fsp3) is 0.0909. The summed E-state index contributed by atoms with van der Waals surface area (Å²) in [6.45, 7) is 0. The van der Waals surface area contributed by atoms with Gasteiger partial charge >= 0.3 is 0 Å². The number of phenolic OH excluding ortho intramolecular Hbond substituents is 2. The van der Waals surface area contributed by atoms with Crippen LogP contribution in [0.25, 0.3) is 21.5 Å². The summed E-state index contributed by atoms with van der Waals surface area (Å²) in [7, 11) is 0. The molecule has 4 rings (SSSR count). The Morgan fingerprint density at radius 2 is 1.00 bits per heavy atom. The Hall–Kier alpha value is -2.65. The Balaban J connectivity index is 1.62. The molecule has 0 fully saturated rings. The lowest BCUT2D eigenvalue weighted by Gasteiger charge is -2.11. The van der Waals surface area contributed by atoms with Gasteiger partial charge in [0.1, 0.15) is 11.5 Å². The minimum Gasteiger partial charge on any atom is -0.508 e. The van der Waals surface area contributed by atoms with Crippen molar-refractivity contribution in [1.82, 2.24) is 0 Å². The number of fused-ring (bicyclic) bond motifs is 2. The predicted molar refractivity (Wildman–Crippen MR) is 106 cm³/mol. The molecule has 0 atom stereocenters. The van der Waals surface area contributed by atoms with Crippen LogP contribution in [0.1, 0.15) is 11.1 Å². The van der Waals surface area contributed by atoms with Gasteiger partial charge in [-0.15, -0.1) is 0 Å². The molecule has 0 aliphatic heterocycles. The number of thioether (sulfide) groups is 1. The van der Waals surface area contributed by atoms with E-state index in [4.69, 9.17) is 0 Å². The van der Waals surface area contributed by atoms with Crippen molar-refractivity contribution in [2.45, 2.75) is 11.5 Å². The molecule has 0 amide bonds. The molecule has 0 heterocycles. The van der Waals surface area contributed by atoms with Gasteiger partial charge in [-0.3, -0.25) is 0 Å². The quantitative estimate of drug-likeness (QED) is 0.488. The van der Waals surface area contributed by atoms with Gasteiger partial charge in [0.2, 0.25) is 0 Å². The van der Waals surface area contributed by atoms with E-state index in [0.717, 1.165) is 32.7 Å². The zero-order valence-corrected chi connectivity index (χ0v) is 14.5. The highest BCUT2D eigenvalue weighted by Gasteiger charge is 2.10. The minimum absolute atomic E-state index is 0.327. The lowest BCUT2D eigenvalue weighted by atomic mass is 10.0. The average Bonchev–Trinajstić information content (AvgIpc) is 2.65. The van der Waals surface area contributed by atoms with Gasteiger partial charge < -0.3 is 10.2 Å². The molecule has 2 N–H and O–H groups in total. The largest absolute Gasteiger partial charge is 0.508 e. The fourth-order valence-corrected chi connectivity index (χ4v) is 4.32. The molecule has 124 valence electrons. The van der Waals surface area contributed by atoms with Crippen molar-refractivity contribution in [3.8, 4) is 11.5 Å². The van der Waals surface area contributed by atoms with Gasteiger partial charge in [-0.25, -0.2) is 0 Å². The smallest absolute Gasteiger partial charge is 0.120 e. The van der Waals surface area contributed by atoms with Crippen LogP contribution in [-0.2, 0) is 11.5 Å². The van der Waals surface area contributed by atoms with Gasteiger partial charge in [0.25, 0.3) is 0 Å². The Kier molecular flexibility index (Phi) is 4.24. The van der Waals surface area contributed by atoms with E-state index in [-0.39, 0.29) is 0 Å². The Bertz CT molecular complexity index is 971. The second-order valence-electron chi connectivity index (χ2n) is 6.06. The summed E-state index contributed by atoms with van der Waals surface area (Å²) >= 11 is 1.70. The minimum atomic E-state index is 0.327. The van der Waals surface area contributed by atoms with E-state index >= 15 is 0 Å². The summed E-state index contributed by atoms with van der Waals surface area (Å²) in [4.78, 5) is 0. The van der Waals surface area contributed by atoms with Crippen molar-refractivity contribution >= 4 is 33.3 Å². The number of phenols is 2. The van der Waals surface area contributed by atoms with Crippen molar-refractivity contribution in [1.29, 1.82) is 0 Å². The summed E-state index contributed by atoms with van der Waals surface area (Å²) in [5.74, 6) is 2.03. The van der Waals surface area contributed by atoms with Crippen molar-refractivity contribution in [2.75, 3.05) is 0 Å². The molecular formula is C22H18O2S. The SMILES string of the molecule is Oc1ccc2ccccc2c1CSCc1c(O)ccc2ccccc12. The first-order valence-corrected chi connectivity index (χ1v) is 9.36. The zero-order valence-electron chi connectivity index (χ0n) is 13.6. The van der Waals surface area contributed by atoms with Crippen LogP contribution < -0.4 is 0 Å². The molecule has 2 nitrogen and oxygen atoms in total. The Morgan fingerprint density at radius 1 is 0.560 bits per heavy atom. The number of benzene rings is 4. The molecular weight excluding hydrogens is 328 g/mol. The van der Waals surface area contributed by atoms with Gasteiger partial charge in [-0.2, -0.15) is 11.8 Å². The normalized spacial score (nSPS) is 11.2. The molecule has 4 aromatic rings. The van der Waals surface area contributed by atoms with E-state index in [0.29, 0.717) is 23.0 Å². The maximum absolute atomic E-state index is 10.3. The molecule has 0 aliphatic carbocycles. The van der Waals surface area contributed by atoms with Gasteiger partial charge in [-0.05, 0) is 33.7 Å². The topological polar surface area (TPSA) is 40.5 Å². The second kappa shape index (κ2) is 6.69. The van der Waals surface area contributed by atoms with Crippen molar-refractivity contribution < 1.29 is 10.2 Å². The van der Waals surface area contributed by atoms with E-state index in [1.807, 2.05) is 48.5 Å². The highest BCUT2D eigenvalue weighted by molar-refractivity contribution is 7.97. The maximum Gasteiger partial charge on any atom is 0.120 e. The molecule has 0 bridgehead atoms. The lowest BCUT2D eigenvalue weighted by molar-refractivity contribution is 0.471. The van der Waals surface area contributed by atoms with Crippen molar-refractivity contribution in [2.24, 2.45) is 0 Å². The van der Waals surface area contributed by atoms with E-state index in [1.165, 1.54) is 0 Å². The first-order valence-electron chi connectivity index (χ1n) is 8.21. The molecule has 0 saturated heterocycles.